The van der Waals surface area contributed by atoms with Crippen LogP contribution in [-0.2, 0) is 49.6 Å². The maximum Gasteiger partial charge on any atom is 0.245 e. The Bertz CT molecular complexity index is 1860. The zero-order valence-electron chi connectivity index (χ0n) is 32.4. The molecule has 2 aromatic carbocycles. The van der Waals surface area contributed by atoms with E-state index in [2.05, 4.69) is 32.0 Å². The van der Waals surface area contributed by atoms with Crippen LogP contribution in [0.4, 0.5) is 5.69 Å². The van der Waals surface area contributed by atoms with Crippen molar-refractivity contribution in [3.63, 3.8) is 0 Å². The van der Waals surface area contributed by atoms with Gasteiger partial charge in [-0.15, -0.1) is 0 Å². The highest BCUT2D eigenvalue weighted by Crippen LogP contribution is 2.34. The van der Waals surface area contributed by atoms with Gasteiger partial charge in [0.05, 0.1) is 69.1 Å². The number of carbonyl (C=O) groups excluding carboxylic acids is 7. The summed E-state index contributed by atoms with van der Waals surface area (Å²) in [5, 5.41) is 50.3. The molecule has 0 spiro atoms. The van der Waals surface area contributed by atoms with Gasteiger partial charge in [-0.2, -0.15) is 0 Å². The van der Waals surface area contributed by atoms with E-state index in [1.807, 2.05) is 0 Å². The second-order valence-corrected chi connectivity index (χ2v) is 13.2. The number of nitrogens with zero attached hydrogens (tertiary/aromatic N) is 1. The predicted octanol–water partition coefficient (Wildman–Crippen LogP) is -4.49. The van der Waals surface area contributed by atoms with Crippen LogP contribution < -0.4 is 48.5 Å². The first-order chi connectivity index (χ1) is 28.1. The first kappa shape index (κ1) is 47.4. The summed E-state index contributed by atoms with van der Waals surface area (Å²) >= 11 is 0. The first-order valence-electron chi connectivity index (χ1n) is 18.3. The lowest BCUT2D eigenvalue weighted by atomic mass is 9.96. The molecule has 1 aliphatic heterocycles. The van der Waals surface area contributed by atoms with Crippen molar-refractivity contribution >= 4 is 58.3 Å². The standard InChI is InChI=1S/C37H51N9O13/c1-20(48)13-40-29(51)14-41-30(52)15-42-31(53)16-43-35(55)25(19-58-37(36(56)57)59-27(18-47)21(2)49)44-28(50)11-12-32(54)46-17-22-7-3-4-8-23(22)34(45-39)33(38)24-9-5-6-10-26(24)46/h3-10,21,25,27,36-37,45,47,49,56-57H,11-19,38-39H2,1-2H3,(H,40,51)(H,41,52)(H,42,53)(H,43,55)(H,44,50)/b34-33-. The van der Waals surface area contributed by atoms with Crippen molar-refractivity contribution in [1.82, 2.24) is 32.0 Å². The zero-order valence-corrected chi connectivity index (χ0v) is 32.4. The molecular weight excluding hydrogens is 778 g/mol. The minimum atomic E-state index is -2.34. The van der Waals surface area contributed by atoms with Crippen LogP contribution >= 0.6 is 0 Å². The topological polar surface area (TPSA) is 346 Å². The van der Waals surface area contributed by atoms with E-state index in [9.17, 15) is 54.0 Å². The Hall–Kier alpha value is -6.01. The van der Waals surface area contributed by atoms with Crippen LogP contribution in [0, 0.1) is 0 Å². The van der Waals surface area contributed by atoms with Gasteiger partial charge in [0.25, 0.3) is 0 Å². The molecule has 1 heterocycles. The van der Waals surface area contributed by atoms with Gasteiger partial charge < -0.3 is 72.5 Å². The lowest BCUT2D eigenvalue weighted by Gasteiger charge is -2.30. The highest BCUT2D eigenvalue weighted by atomic mass is 16.7. The van der Waals surface area contributed by atoms with Gasteiger partial charge in [0.1, 0.15) is 17.9 Å². The summed E-state index contributed by atoms with van der Waals surface area (Å²) in [5.74, 6) is 0.958. The van der Waals surface area contributed by atoms with E-state index in [1.54, 1.807) is 48.5 Å². The van der Waals surface area contributed by atoms with Crippen LogP contribution in [0.5, 0.6) is 0 Å². The molecule has 22 heteroatoms. The van der Waals surface area contributed by atoms with Crippen LogP contribution in [-0.4, -0.2) is 132 Å². The minimum Gasteiger partial charge on any atom is -0.396 e. The average molecular weight is 830 g/mol. The molecule has 2 aromatic rings. The van der Waals surface area contributed by atoms with E-state index in [-0.39, 0.29) is 31.0 Å². The molecular formula is C37H51N9O13. The second kappa shape index (κ2) is 23.4. The van der Waals surface area contributed by atoms with Crippen LogP contribution in [0.15, 0.2) is 48.5 Å². The van der Waals surface area contributed by atoms with Crippen molar-refractivity contribution in [2.24, 2.45) is 11.6 Å². The van der Waals surface area contributed by atoms with Crippen LogP contribution in [0.25, 0.3) is 11.4 Å². The number of rotatable bonds is 22. The number of ether oxygens (including phenoxy) is 2. The summed E-state index contributed by atoms with van der Waals surface area (Å²) in [6, 6.07) is 12.4. The molecule has 1 aliphatic rings. The summed E-state index contributed by atoms with van der Waals surface area (Å²) in [5.41, 5.74) is 12.2. The number of hydrogen-bond donors (Lipinski definition) is 12. The normalized spacial score (nSPS) is 15.5. The van der Waals surface area contributed by atoms with E-state index in [0.717, 1.165) is 0 Å². The van der Waals surface area contributed by atoms with Gasteiger partial charge in [0, 0.05) is 24.0 Å². The van der Waals surface area contributed by atoms with Gasteiger partial charge in [-0.1, -0.05) is 42.5 Å². The van der Waals surface area contributed by atoms with Crippen molar-refractivity contribution in [2.75, 3.05) is 44.3 Å². The van der Waals surface area contributed by atoms with Crippen molar-refractivity contribution in [3.8, 4) is 0 Å². The number of nitrogens with two attached hydrogens (primary N) is 2. The summed E-state index contributed by atoms with van der Waals surface area (Å²) in [6.07, 6.45) is -7.72. The number of nitrogens with one attached hydrogen (secondary N) is 6. The molecule has 0 aromatic heterocycles. The molecule has 0 radical (unpaired) electrons. The van der Waals surface area contributed by atoms with Gasteiger partial charge in [0.2, 0.25) is 48.0 Å². The number of para-hydroxylation sites is 1. The van der Waals surface area contributed by atoms with Crippen molar-refractivity contribution in [3.05, 3.63) is 65.2 Å². The molecule has 0 fully saturated rings. The second-order valence-electron chi connectivity index (χ2n) is 13.2. The smallest absolute Gasteiger partial charge is 0.245 e. The SMILES string of the molecule is CC(=O)CNC(=O)CNC(=O)CNC(=O)CNC(=O)C(COC(OC(CO)C(C)O)C(O)O)NC(=O)CCC(=O)N1Cc2ccccc2/C(NN)=C(/N)c2ccccc21. The van der Waals surface area contributed by atoms with Gasteiger partial charge >= 0.3 is 0 Å². The van der Waals surface area contributed by atoms with Gasteiger partial charge in [-0.25, -0.2) is 0 Å². The Labute approximate surface area is 338 Å². The highest BCUT2D eigenvalue weighted by Gasteiger charge is 2.31. The molecule has 4 unspecified atom stereocenters. The molecule has 0 bridgehead atoms. The van der Waals surface area contributed by atoms with Gasteiger partial charge in [0.15, 0.2) is 0 Å². The van der Waals surface area contributed by atoms with Crippen LogP contribution in [0.2, 0.25) is 0 Å². The fourth-order valence-electron chi connectivity index (χ4n) is 5.48. The van der Waals surface area contributed by atoms with Crippen molar-refractivity contribution in [1.29, 1.82) is 0 Å². The van der Waals surface area contributed by atoms with Gasteiger partial charge in [-0.05, 0) is 25.5 Å². The number of hydrazine groups is 1. The summed E-state index contributed by atoms with van der Waals surface area (Å²) in [4.78, 5) is 89.0. The highest BCUT2D eigenvalue weighted by molar-refractivity contribution is 6.02. The number of amides is 6. The Morgan fingerprint density at radius 2 is 1.37 bits per heavy atom. The number of benzene rings is 2. The van der Waals surface area contributed by atoms with Crippen LogP contribution in [0.3, 0.4) is 0 Å². The molecule has 3 rings (SSSR count). The molecule has 4 atom stereocenters. The number of ketones is 1. The third-order valence-electron chi connectivity index (χ3n) is 8.58. The molecule has 59 heavy (non-hydrogen) atoms. The number of anilines is 1. The molecule has 0 aliphatic carbocycles. The van der Waals surface area contributed by atoms with E-state index in [1.165, 1.54) is 18.7 Å². The molecule has 22 nitrogen and oxygen atoms in total. The van der Waals surface area contributed by atoms with E-state index in [0.29, 0.717) is 28.1 Å². The Kier molecular flexibility index (Phi) is 18.8. The minimum absolute atomic E-state index is 0.0807. The fourth-order valence-corrected chi connectivity index (χ4v) is 5.48. The number of fused-ring (bicyclic) bond motifs is 2. The monoisotopic (exact) mass is 829 g/mol. The third kappa shape index (κ3) is 14.7. The number of aliphatic hydroxyl groups excluding tert-OH is 3. The molecule has 6 amide bonds. The summed E-state index contributed by atoms with van der Waals surface area (Å²) in [6.45, 7) is -0.947. The van der Waals surface area contributed by atoms with E-state index in [4.69, 9.17) is 21.1 Å². The molecule has 0 saturated carbocycles. The van der Waals surface area contributed by atoms with Gasteiger partial charge in [-0.3, -0.25) is 39.4 Å². The third-order valence-corrected chi connectivity index (χ3v) is 8.58. The summed E-state index contributed by atoms with van der Waals surface area (Å²) in [7, 11) is 0. The Balaban J connectivity index is 1.70. The molecule has 0 saturated heterocycles. The predicted molar refractivity (Wildman–Crippen MR) is 208 cm³/mol. The average Bonchev–Trinajstić information content (AvgIpc) is 3.20. The van der Waals surface area contributed by atoms with Crippen molar-refractivity contribution < 1.29 is 63.5 Å². The lowest BCUT2D eigenvalue weighted by molar-refractivity contribution is -0.281. The van der Waals surface area contributed by atoms with Crippen LogP contribution in [0.1, 0.15) is 43.4 Å². The van der Waals surface area contributed by atoms with E-state index < -0.39 is 106 Å². The van der Waals surface area contributed by atoms with Crippen molar-refractivity contribution in [2.45, 2.75) is 64.1 Å². The quantitative estimate of drug-likeness (QED) is 0.0302. The Morgan fingerprint density at radius 3 is 1.95 bits per heavy atom. The number of aliphatic hydroxyl groups is 4. The zero-order chi connectivity index (χ0) is 43.6. The molecule has 14 N–H and O–H groups in total. The maximum atomic E-state index is 13.8. The number of hydrogen-bond acceptors (Lipinski definition) is 16. The van der Waals surface area contributed by atoms with E-state index >= 15 is 0 Å². The number of carbonyl (C=O) groups is 7. The lowest BCUT2D eigenvalue weighted by Crippen LogP contribution is -2.53. The maximum absolute atomic E-state index is 13.8. The summed E-state index contributed by atoms with van der Waals surface area (Å²) < 4.78 is 10.6. The molecule has 322 valence electrons. The number of Topliss-reactive ketones (excluding diaryl/α,β-unsaturated/α-hetero) is 1. The fraction of sp³-hybridized carbons (Fsp3) is 0.432. The first-order valence-corrected chi connectivity index (χ1v) is 18.3. The Morgan fingerprint density at radius 1 is 0.797 bits per heavy atom. The largest absolute Gasteiger partial charge is 0.396 e.